The Hall–Kier alpha value is -4.15. The summed E-state index contributed by atoms with van der Waals surface area (Å²) in [6, 6.07) is 22.7. The average molecular weight is 590 g/mol. The standard InChI is InChI=1S/C32H35N3O6S/c1-4-39-31(36)22-34(42(37,38)35-19-17-26-7-5-6-8-30(26)35)21-25-11-15-28(16-12-25)40-20-18-29-24(3)41-32(33-29)27-13-9-23(2)10-14-27/h5-16H,4,17-22H2,1-3H3. The van der Waals surface area contributed by atoms with Gasteiger partial charge in [0.05, 0.1) is 24.6 Å². The lowest BCUT2D eigenvalue weighted by Crippen LogP contribution is -2.45. The molecule has 0 saturated heterocycles. The van der Waals surface area contributed by atoms with E-state index in [0.717, 1.165) is 28.1 Å². The maximum Gasteiger partial charge on any atom is 0.321 e. The van der Waals surface area contributed by atoms with Crippen molar-refractivity contribution in [3.05, 3.63) is 101 Å². The zero-order chi connectivity index (χ0) is 29.7. The molecule has 0 saturated carbocycles. The minimum atomic E-state index is -3.99. The van der Waals surface area contributed by atoms with Gasteiger partial charge in [-0.25, -0.2) is 4.98 Å². The average Bonchev–Trinajstić information content (AvgIpc) is 3.58. The summed E-state index contributed by atoms with van der Waals surface area (Å²) in [5.41, 5.74) is 5.27. The van der Waals surface area contributed by atoms with Crippen LogP contribution in [0.5, 0.6) is 5.75 Å². The number of para-hydroxylation sites is 1. The van der Waals surface area contributed by atoms with Crippen LogP contribution in [0.4, 0.5) is 5.69 Å². The quantitative estimate of drug-likeness (QED) is 0.208. The lowest BCUT2D eigenvalue weighted by Gasteiger charge is -2.28. The van der Waals surface area contributed by atoms with E-state index in [4.69, 9.17) is 13.9 Å². The SMILES string of the molecule is CCOC(=O)CN(Cc1ccc(OCCc2nc(-c3ccc(C)cc3)oc2C)cc1)S(=O)(=O)N1CCc2ccccc21. The molecule has 9 nitrogen and oxygen atoms in total. The Morgan fingerprint density at radius 2 is 1.76 bits per heavy atom. The number of fused-ring (bicyclic) bond motifs is 1. The second kappa shape index (κ2) is 12.8. The summed E-state index contributed by atoms with van der Waals surface area (Å²) in [5, 5.41) is 0. The molecule has 0 bridgehead atoms. The monoisotopic (exact) mass is 589 g/mol. The van der Waals surface area contributed by atoms with Crippen LogP contribution in [0.3, 0.4) is 0 Å². The maximum atomic E-state index is 13.7. The highest BCUT2D eigenvalue weighted by atomic mass is 32.2. The number of benzene rings is 3. The number of carbonyl (C=O) groups excluding carboxylic acids is 1. The fourth-order valence-corrected chi connectivity index (χ4v) is 6.50. The summed E-state index contributed by atoms with van der Waals surface area (Å²) in [6.07, 6.45) is 1.20. The third-order valence-corrected chi connectivity index (χ3v) is 8.99. The highest BCUT2D eigenvalue weighted by molar-refractivity contribution is 7.90. The number of ether oxygens (including phenoxy) is 2. The molecule has 4 aromatic rings. The van der Waals surface area contributed by atoms with Gasteiger partial charge in [0.15, 0.2) is 0 Å². The van der Waals surface area contributed by atoms with Gasteiger partial charge in [-0.2, -0.15) is 12.7 Å². The molecular formula is C32H35N3O6S. The molecule has 0 spiro atoms. The van der Waals surface area contributed by atoms with Gasteiger partial charge in [-0.3, -0.25) is 9.10 Å². The van der Waals surface area contributed by atoms with Crippen LogP contribution in [0, 0.1) is 13.8 Å². The van der Waals surface area contributed by atoms with E-state index in [9.17, 15) is 13.2 Å². The molecule has 0 amide bonds. The molecule has 2 heterocycles. The molecule has 0 atom stereocenters. The number of carbonyl (C=O) groups is 1. The van der Waals surface area contributed by atoms with Crippen molar-refractivity contribution < 1.29 is 27.1 Å². The van der Waals surface area contributed by atoms with E-state index in [-0.39, 0.29) is 19.7 Å². The van der Waals surface area contributed by atoms with Gasteiger partial charge in [0, 0.05) is 25.1 Å². The van der Waals surface area contributed by atoms with Gasteiger partial charge in [0.25, 0.3) is 0 Å². The van der Waals surface area contributed by atoms with Crippen LogP contribution in [-0.4, -0.2) is 50.0 Å². The first-order valence-electron chi connectivity index (χ1n) is 14.0. The van der Waals surface area contributed by atoms with E-state index < -0.39 is 16.2 Å². The van der Waals surface area contributed by atoms with Crippen molar-refractivity contribution >= 4 is 21.9 Å². The lowest BCUT2D eigenvalue weighted by atomic mass is 10.1. The predicted molar refractivity (Wildman–Crippen MR) is 161 cm³/mol. The molecule has 0 N–H and O–H groups in total. The molecule has 10 heteroatoms. The number of aromatic nitrogens is 1. The van der Waals surface area contributed by atoms with Crippen LogP contribution in [0.25, 0.3) is 11.5 Å². The van der Waals surface area contributed by atoms with E-state index in [0.29, 0.717) is 43.3 Å². The zero-order valence-corrected chi connectivity index (χ0v) is 24.9. The molecule has 0 radical (unpaired) electrons. The molecule has 220 valence electrons. The maximum absolute atomic E-state index is 13.7. The Labute approximate surface area is 246 Å². The second-order valence-corrected chi connectivity index (χ2v) is 12.0. The van der Waals surface area contributed by atoms with E-state index >= 15 is 0 Å². The molecule has 0 aliphatic carbocycles. The minimum Gasteiger partial charge on any atom is -0.493 e. The highest BCUT2D eigenvalue weighted by Gasteiger charge is 2.35. The molecular weight excluding hydrogens is 554 g/mol. The van der Waals surface area contributed by atoms with Gasteiger partial charge < -0.3 is 13.9 Å². The van der Waals surface area contributed by atoms with Crippen molar-refractivity contribution in [2.45, 2.75) is 40.2 Å². The number of hydrogen-bond acceptors (Lipinski definition) is 7. The van der Waals surface area contributed by atoms with Gasteiger partial charge in [-0.15, -0.1) is 0 Å². The van der Waals surface area contributed by atoms with Gasteiger partial charge in [0.2, 0.25) is 5.89 Å². The Balaban J connectivity index is 1.23. The normalized spacial score (nSPS) is 12.9. The molecule has 5 rings (SSSR count). The number of rotatable bonds is 12. The molecule has 0 fully saturated rings. The Kier molecular flexibility index (Phi) is 8.94. The number of aryl methyl sites for hydroxylation is 2. The van der Waals surface area contributed by atoms with E-state index in [2.05, 4.69) is 4.98 Å². The van der Waals surface area contributed by atoms with Crippen molar-refractivity contribution in [1.29, 1.82) is 0 Å². The van der Waals surface area contributed by atoms with Gasteiger partial charge in [-0.05, 0) is 68.7 Å². The third kappa shape index (κ3) is 6.66. The number of anilines is 1. The first-order valence-corrected chi connectivity index (χ1v) is 15.4. The Morgan fingerprint density at radius 3 is 2.50 bits per heavy atom. The van der Waals surface area contributed by atoms with Crippen LogP contribution >= 0.6 is 0 Å². The smallest absolute Gasteiger partial charge is 0.321 e. The second-order valence-electron chi connectivity index (χ2n) is 10.2. The molecule has 0 unspecified atom stereocenters. The largest absolute Gasteiger partial charge is 0.493 e. The van der Waals surface area contributed by atoms with E-state index in [1.165, 1.54) is 14.2 Å². The number of oxazole rings is 1. The highest BCUT2D eigenvalue weighted by Crippen LogP contribution is 2.32. The van der Waals surface area contributed by atoms with E-state index in [1.807, 2.05) is 56.3 Å². The number of nitrogens with zero attached hydrogens (tertiary/aromatic N) is 3. The Bertz CT molecular complexity index is 1630. The fraction of sp³-hybridized carbons (Fsp3) is 0.312. The summed E-state index contributed by atoms with van der Waals surface area (Å²) in [4.78, 5) is 17.0. The van der Waals surface area contributed by atoms with Crippen molar-refractivity contribution in [1.82, 2.24) is 9.29 Å². The summed E-state index contributed by atoms with van der Waals surface area (Å²) in [7, 11) is -3.99. The van der Waals surface area contributed by atoms with Gasteiger partial charge >= 0.3 is 16.2 Å². The first kappa shape index (κ1) is 29.3. The van der Waals surface area contributed by atoms with Crippen molar-refractivity contribution in [3.63, 3.8) is 0 Å². The van der Waals surface area contributed by atoms with Gasteiger partial charge in [-0.1, -0.05) is 48.0 Å². The van der Waals surface area contributed by atoms with Crippen LogP contribution < -0.4 is 9.04 Å². The van der Waals surface area contributed by atoms with Crippen molar-refractivity contribution in [2.75, 3.05) is 30.6 Å². The molecule has 1 aliphatic rings. The third-order valence-electron chi connectivity index (χ3n) is 7.14. The summed E-state index contributed by atoms with van der Waals surface area (Å²) < 4.78 is 46.9. The van der Waals surface area contributed by atoms with Gasteiger partial charge in [0.1, 0.15) is 18.1 Å². The fourth-order valence-electron chi connectivity index (χ4n) is 4.90. The zero-order valence-electron chi connectivity index (χ0n) is 24.1. The van der Waals surface area contributed by atoms with E-state index in [1.54, 1.807) is 37.3 Å². The first-order chi connectivity index (χ1) is 20.2. The molecule has 1 aliphatic heterocycles. The minimum absolute atomic E-state index is 0.0139. The summed E-state index contributed by atoms with van der Waals surface area (Å²) in [6.45, 7) is 6.16. The van der Waals surface area contributed by atoms with Crippen molar-refractivity contribution in [3.8, 4) is 17.2 Å². The summed E-state index contributed by atoms with van der Waals surface area (Å²) in [5.74, 6) is 1.40. The van der Waals surface area contributed by atoms with Crippen LogP contribution in [-0.2, 0) is 39.1 Å². The Morgan fingerprint density at radius 1 is 1.02 bits per heavy atom. The summed E-state index contributed by atoms with van der Waals surface area (Å²) >= 11 is 0. The molecule has 42 heavy (non-hydrogen) atoms. The van der Waals surface area contributed by atoms with Crippen LogP contribution in [0.15, 0.2) is 77.2 Å². The van der Waals surface area contributed by atoms with Crippen LogP contribution in [0.1, 0.15) is 35.1 Å². The number of hydrogen-bond donors (Lipinski definition) is 0. The predicted octanol–water partition coefficient (Wildman–Crippen LogP) is 5.25. The van der Waals surface area contributed by atoms with Crippen LogP contribution in [0.2, 0.25) is 0 Å². The topological polar surface area (TPSA) is 102 Å². The molecule has 1 aromatic heterocycles. The number of esters is 1. The molecule has 3 aromatic carbocycles. The van der Waals surface area contributed by atoms with Crippen molar-refractivity contribution in [2.24, 2.45) is 0 Å². The lowest BCUT2D eigenvalue weighted by molar-refractivity contribution is -0.143.